The Bertz CT molecular complexity index is 382. The Morgan fingerprint density at radius 2 is 2.10 bits per heavy atom. The van der Waals surface area contributed by atoms with Crippen LogP contribution in [0.5, 0.6) is 0 Å². The molecule has 0 bridgehead atoms. The normalized spacial score (nSPS) is 37.2. The molecule has 0 aromatic rings. The summed E-state index contributed by atoms with van der Waals surface area (Å²) in [6.07, 6.45) is 10.7. The number of amides is 1. The number of hydrogen-bond acceptors (Lipinski definition) is 3. The third-order valence-corrected chi connectivity index (χ3v) is 6.03. The third-order valence-electron chi connectivity index (χ3n) is 6.03. The molecule has 21 heavy (non-hydrogen) atoms. The number of nitrogens with zero attached hydrogens (tertiary/aromatic N) is 1. The molecule has 0 radical (unpaired) electrons. The van der Waals surface area contributed by atoms with Gasteiger partial charge in [0, 0.05) is 12.1 Å². The van der Waals surface area contributed by atoms with E-state index in [0.717, 1.165) is 38.3 Å². The number of hydrogen-bond donors (Lipinski definition) is 2. The second kappa shape index (κ2) is 6.25. The zero-order chi connectivity index (χ0) is 14.9. The van der Waals surface area contributed by atoms with Gasteiger partial charge in [0.15, 0.2) is 0 Å². The van der Waals surface area contributed by atoms with E-state index < -0.39 is 5.54 Å². The van der Waals surface area contributed by atoms with Gasteiger partial charge in [-0.1, -0.05) is 13.3 Å². The van der Waals surface area contributed by atoms with Gasteiger partial charge in [0.2, 0.25) is 5.91 Å². The molecule has 4 heteroatoms. The van der Waals surface area contributed by atoms with Crippen LogP contribution in [0.25, 0.3) is 0 Å². The highest BCUT2D eigenvalue weighted by atomic mass is 16.1. The maximum Gasteiger partial charge on any atom is 0.238 e. The highest BCUT2D eigenvalue weighted by molar-refractivity contribution is 5.85. The van der Waals surface area contributed by atoms with E-state index in [1.807, 2.05) is 0 Å². The Morgan fingerprint density at radius 1 is 1.29 bits per heavy atom. The van der Waals surface area contributed by atoms with Crippen molar-refractivity contribution in [3.8, 4) is 0 Å². The first kappa shape index (κ1) is 15.3. The highest BCUT2D eigenvalue weighted by Crippen LogP contribution is 2.40. The molecule has 1 aliphatic heterocycles. The predicted octanol–water partition coefficient (Wildman–Crippen LogP) is 2.03. The van der Waals surface area contributed by atoms with E-state index >= 15 is 0 Å². The number of primary amides is 1. The van der Waals surface area contributed by atoms with Crippen LogP contribution in [-0.4, -0.2) is 41.5 Å². The number of carbonyl (C=O) groups excluding carboxylic acids is 1. The molecule has 3 atom stereocenters. The monoisotopic (exact) mass is 293 g/mol. The Balaban J connectivity index is 1.61. The molecule has 0 aromatic carbocycles. The van der Waals surface area contributed by atoms with Crippen molar-refractivity contribution in [2.24, 2.45) is 11.7 Å². The van der Waals surface area contributed by atoms with Gasteiger partial charge >= 0.3 is 0 Å². The van der Waals surface area contributed by atoms with Crippen molar-refractivity contribution in [3.05, 3.63) is 0 Å². The topological polar surface area (TPSA) is 58.4 Å². The minimum absolute atomic E-state index is 0.106. The van der Waals surface area contributed by atoms with Crippen LogP contribution in [0.3, 0.4) is 0 Å². The minimum Gasteiger partial charge on any atom is -0.368 e. The molecule has 1 saturated heterocycles. The summed E-state index contributed by atoms with van der Waals surface area (Å²) in [5.74, 6) is 0.332. The van der Waals surface area contributed by atoms with E-state index in [-0.39, 0.29) is 5.91 Å². The maximum absolute atomic E-state index is 12.2. The van der Waals surface area contributed by atoms with Crippen LogP contribution in [0.4, 0.5) is 0 Å². The van der Waals surface area contributed by atoms with Crippen LogP contribution in [0.2, 0.25) is 0 Å². The molecule has 120 valence electrons. The van der Waals surface area contributed by atoms with E-state index in [9.17, 15) is 4.79 Å². The van der Waals surface area contributed by atoms with E-state index in [2.05, 4.69) is 17.1 Å². The molecule has 3 aliphatic rings. The lowest BCUT2D eigenvalue weighted by atomic mass is 9.83. The van der Waals surface area contributed by atoms with Crippen molar-refractivity contribution in [2.45, 2.75) is 82.3 Å². The lowest BCUT2D eigenvalue weighted by Gasteiger charge is -2.35. The van der Waals surface area contributed by atoms with Crippen molar-refractivity contribution in [2.75, 3.05) is 13.1 Å². The zero-order valence-corrected chi connectivity index (χ0v) is 13.4. The molecule has 2 saturated carbocycles. The van der Waals surface area contributed by atoms with Crippen molar-refractivity contribution in [1.82, 2.24) is 10.2 Å². The van der Waals surface area contributed by atoms with Crippen LogP contribution in [0.15, 0.2) is 0 Å². The summed E-state index contributed by atoms with van der Waals surface area (Å²) in [6.45, 7) is 4.68. The summed E-state index contributed by atoms with van der Waals surface area (Å²) >= 11 is 0. The van der Waals surface area contributed by atoms with E-state index in [1.165, 1.54) is 38.6 Å². The molecular formula is C17H31N3O. The van der Waals surface area contributed by atoms with Crippen molar-refractivity contribution < 1.29 is 4.79 Å². The summed E-state index contributed by atoms with van der Waals surface area (Å²) in [5.41, 5.74) is 5.42. The number of nitrogens with two attached hydrogens (primary N) is 1. The van der Waals surface area contributed by atoms with Crippen LogP contribution >= 0.6 is 0 Å². The third kappa shape index (κ3) is 3.11. The second-order valence-corrected chi connectivity index (χ2v) is 7.37. The molecule has 3 fully saturated rings. The molecule has 1 amide bonds. The fourth-order valence-electron chi connectivity index (χ4n) is 4.62. The fourth-order valence-corrected chi connectivity index (χ4v) is 4.62. The highest BCUT2D eigenvalue weighted by Gasteiger charge is 2.49. The summed E-state index contributed by atoms with van der Waals surface area (Å²) < 4.78 is 0. The number of rotatable bonds is 7. The Morgan fingerprint density at radius 3 is 2.76 bits per heavy atom. The minimum atomic E-state index is -0.400. The van der Waals surface area contributed by atoms with Gasteiger partial charge in [-0.15, -0.1) is 0 Å². The molecule has 3 unspecified atom stereocenters. The quantitative estimate of drug-likeness (QED) is 0.755. The van der Waals surface area contributed by atoms with Gasteiger partial charge in [-0.25, -0.2) is 0 Å². The van der Waals surface area contributed by atoms with Crippen LogP contribution < -0.4 is 11.1 Å². The van der Waals surface area contributed by atoms with Gasteiger partial charge in [-0.05, 0) is 70.4 Å². The van der Waals surface area contributed by atoms with E-state index in [0.29, 0.717) is 12.0 Å². The maximum atomic E-state index is 12.2. The fraction of sp³-hybridized carbons (Fsp3) is 0.941. The molecule has 0 spiro atoms. The van der Waals surface area contributed by atoms with Crippen molar-refractivity contribution in [3.63, 3.8) is 0 Å². The van der Waals surface area contributed by atoms with E-state index in [1.54, 1.807) is 0 Å². The first-order valence-corrected chi connectivity index (χ1v) is 8.97. The Hall–Kier alpha value is -0.610. The zero-order valence-electron chi connectivity index (χ0n) is 13.4. The summed E-state index contributed by atoms with van der Waals surface area (Å²) in [6, 6.07) is 1.32. The molecular weight excluding hydrogens is 262 g/mol. The molecule has 1 heterocycles. The summed E-state index contributed by atoms with van der Waals surface area (Å²) in [4.78, 5) is 14.8. The molecule has 0 aromatic heterocycles. The lowest BCUT2D eigenvalue weighted by molar-refractivity contribution is -0.126. The van der Waals surface area contributed by atoms with Gasteiger partial charge in [0.25, 0.3) is 0 Å². The SMILES string of the molecule is CCC1CCCN1CCC1CCCC1(NC1CC1)C(N)=O. The number of nitrogens with one attached hydrogen (secondary N) is 1. The van der Waals surface area contributed by atoms with Crippen LogP contribution in [-0.2, 0) is 4.79 Å². The molecule has 2 aliphatic carbocycles. The van der Waals surface area contributed by atoms with Gasteiger partial charge in [-0.2, -0.15) is 0 Å². The standard InChI is InChI=1S/C17H31N3O/c1-2-15-6-4-11-20(15)12-9-13-5-3-10-17(13,16(18)21)19-14-7-8-14/h13-15,19H,2-12H2,1H3,(H2,18,21). The average molecular weight is 293 g/mol. The smallest absolute Gasteiger partial charge is 0.238 e. The van der Waals surface area contributed by atoms with Gasteiger partial charge in [0.1, 0.15) is 5.54 Å². The van der Waals surface area contributed by atoms with Crippen LogP contribution in [0, 0.1) is 5.92 Å². The molecule has 3 N–H and O–H groups in total. The molecule has 3 rings (SSSR count). The van der Waals surface area contributed by atoms with Crippen molar-refractivity contribution in [1.29, 1.82) is 0 Å². The van der Waals surface area contributed by atoms with Crippen LogP contribution in [0.1, 0.15) is 64.7 Å². The largest absolute Gasteiger partial charge is 0.368 e. The Kier molecular flexibility index (Phi) is 4.55. The molecule has 4 nitrogen and oxygen atoms in total. The van der Waals surface area contributed by atoms with Gasteiger partial charge in [-0.3, -0.25) is 4.79 Å². The summed E-state index contributed by atoms with van der Waals surface area (Å²) in [5, 5.41) is 3.62. The van der Waals surface area contributed by atoms with E-state index in [4.69, 9.17) is 5.73 Å². The first-order valence-electron chi connectivity index (χ1n) is 8.97. The van der Waals surface area contributed by atoms with Crippen molar-refractivity contribution >= 4 is 5.91 Å². The number of likely N-dealkylation sites (tertiary alicyclic amines) is 1. The first-order chi connectivity index (χ1) is 10.2. The summed E-state index contributed by atoms with van der Waals surface area (Å²) in [7, 11) is 0. The predicted molar refractivity (Wildman–Crippen MR) is 84.9 cm³/mol. The van der Waals surface area contributed by atoms with Gasteiger partial charge < -0.3 is 16.0 Å². The Labute approximate surface area is 128 Å². The average Bonchev–Trinajstić information content (AvgIpc) is 3.01. The lowest BCUT2D eigenvalue weighted by Crippen LogP contribution is -2.59. The van der Waals surface area contributed by atoms with Gasteiger partial charge in [0.05, 0.1) is 0 Å². The second-order valence-electron chi connectivity index (χ2n) is 7.37. The number of carbonyl (C=O) groups is 1.